The molecule has 20 heavy (non-hydrogen) atoms. The molecule has 1 aliphatic heterocycles. The van der Waals surface area contributed by atoms with Crippen molar-refractivity contribution >= 4 is 0 Å². The Morgan fingerprint density at radius 3 is 2.70 bits per heavy atom. The Morgan fingerprint density at radius 2 is 1.95 bits per heavy atom. The summed E-state index contributed by atoms with van der Waals surface area (Å²) >= 11 is 0. The molecule has 2 rings (SSSR count). The third kappa shape index (κ3) is 5.22. The van der Waals surface area contributed by atoms with Crippen LogP contribution in [0, 0.1) is 5.82 Å². The molecule has 3 heteroatoms. The molecule has 0 amide bonds. The summed E-state index contributed by atoms with van der Waals surface area (Å²) in [6.07, 6.45) is 6.06. The molecule has 0 saturated carbocycles. The minimum Gasteiger partial charge on any atom is -0.314 e. The first-order chi connectivity index (χ1) is 9.75. The lowest BCUT2D eigenvalue weighted by molar-refractivity contribution is 0.225. The second-order valence-corrected chi connectivity index (χ2v) is 5.91. The molecular formula is C17H27FN2. The van der Waals surface area contributed by atoms with Crippen LogP contribution in [0.15, 0.2) is 24.3 Å². The molecule has 1 unspecified atom stereocenters. The minimum absolute atomic E-state index is 0.0885. The molecule has 1 aromatic carbocycles. The zero-order valence-electron chi connectivity index (χ0n) is 12.6. The molecular weight excluding hydrogens is 251 g/mol. The van der Waals surface area contributed by atoms with Gasteiger partial charge in [0.25, 0.3) is 0 Å². The number of hydrogen-bond donors (Lipinski definition) is 1. The van der Waals surface area contributed by atoms with Gasteiger partial charge < -0.3 is 10.2 Å². The highest BCUT2D eigenvalue weighted by Gasteiger charge is 2.10. The molecule has 1 heterocycles. The Hall–Kier alpha value is -0.930. The lowest BCUT2D eigenvalue weighted by Crippen LogP contribution is -2.34. The number of benzene rings is 1. The molecule has 1 atom stereocenters. The van der Waals surface area contributed by atoms with Crippen LogP contribution >= 0.6 is 0 Å². The van der Waals surface area contributed by atoms with Crippen LogP contribution in [0.1, 0.15) is 38.2 Å². The summed E-state index contributed by atoms with van der Waals surface area (Å²) in [7, 11) is 0. The number of piperidine rings is 1. The van der Waals surface area contributed by atoms with Gasteiger partial charge in [-0.2, -0.15) is 0 Å². The van der Waals surface area contributed by atoms with E-state index in [0.29, 0.717) is 6.04 Å². The van der Waals surface area contributed by atoms with E-state index in [1.54, 1.807) is 12.1 Å². The first-order valence-corrected chi connectivity index (χ1v) is 7.95. The molecule has 2 nitrogen and oxygen atoms in total. The zero-order valence-corrected chi connectivity index (χ0v) is 12.6. The van der Waals surface area contributed by atoms with Crippen molar-refractivity contribution in [2.75, 3.05) is 26.2 Å². The fourth-order valence-electron chi connectivity index (χ4n) is 2.90. The Kier molecular flexibility index (Phi) is 6.48. The van der Waals surface area contributed by atoms with Gasteiger partial charge in [0.1, 0.15) is 5.82 Å². The summed E-state index contributed by atoms with van der Waals surface area (Å²) < 4.78 is 13.5. The summed E-state index contributed by atoms with van der Waals surface area (Å²) in [4.78, 5) is 2.56. The van der Waals surface area contributed by atoms with Gasteiger partial charge in [0.2, 0.25) is 0 Å². The van der Waals surface area contributed by atoms with Crippen molar-refractivity contribution in [3.8, 4) is 0 Å². The maximum absolute atomic E-state index is 13.5. The predicted molar refractivity (Wildman–Crippen MR) is 82.5 cm³/mol. The van der Waals surface area contributed by atoms with Gasteiger partial charge in [-0.05, 0) is 70.4 Å². The Bertz CT molecular complexity index is 388. The SMILES string of the molecule is CC(Cc1ccccc1F)NCCCN1CCCCC1. The van der Waals surface area contributed by atoms with Gasteiger partial charge in [-0.15, -0.1) is 0 Å². The standard InChI is InChI=1S/C17H27FN2/c1-15(14-16-8-3-4-9-17(16)18)19-10-7-13-20-11-5-2-6-12-20/h3-4,8-9,15,19H,2,5-7,10-14H2,1H3. The highest BCUT2D eigenvalue weighted by atomic mass is 19.1. The van der Waals surface area contributed by atoms with Crippen molar-refractivity contribution < 1.29 is 4.39 Å². The van der Waals surface area contributed by atoms with Crippen LogP contribution in [0.25, 0.3) is 0 Å². The van der Waals surface area contributed by atoms with E-state index in [2.05, 4.69) is 17.1 Å². The molecule has 0 bridgehead atoms. The molecule has 112 valence electrons. The number of nitrogens with one attached hydrogen (secondary N) is 1. The van der Waals surface area contributed by atoms with E-state index in [1.807, 2.05) is 12.1 Å². The Balaban J connectivity index is 1.60. The van der Waals surface area contributed by atoms with Gasteiger partial charge in [-0.25, -0.2) is 4.39 Å². The number of hydrogen-bond acceptors (Lipinski definition) is 2. The number of nitrogens with zero attached hydrogens (tertiary/aromatic N) is 1. The molecule has 0 aliphatic carbocycles. The summed E-state index contributed by atoms with van der Waals surface area (Å²) in [5.41, 5.74) is 0.809. The lowest BCUT2D eigenvalue weighted by Gasteiger charge is -2.26. The van der Waals surface area contributed by atoms with Crippen LogP contribution in [-0.2, 0) is 6.42 Å². The van der Waals surface area contributed by atoms with E-state index in [9.17, 15) is 4.39 Å². The third-order valence-electron chi connectivity index (χ3n) is 4.08. The minimum atomic E-state index is -0.0885. The van der Waals surface area contributed by atoms with E-state index in [1.165, 1.54) is 45.3 Å². The number of likely N-dealkylation sites (tertiary alicyclic amines) is 1. The average molecular weight is 278 g/mol. The van der Waals surface area contributed by atoms with E-state index >= 15 is 0 Å². The molecule has 0 spiro atoms. The highest BCUT2D eigenvalue weighted by Crippen LogP contribution is 2.10. The summed E-state index contributed by atoms with van der Waals surface area (Å²) in [6, 6.07) is 7.39. The summed E-state index contributed by atoms with van der Waals surface area (Å²) in [5.74, 6) is -0.0885. The largest absolute Gasteiger partial charge is 0.314 e. The van der Waals surface area contributed by atoms with Crippen LogP contribution in [0.4, 0.5) is 4.39 Å². The molecule has 0 radical (unpaired) electrons. The molecule has 1 N–H and O–H groups in total. The van der Waals surface area contributed by atoms with Gasteiger partial charge in [0.05, 0.1) is 0 Å². The molecule has 1 aromatic rings. The van der Waals surface area contributed by atoms with E-state index in [4.69, 9.17) is 0 Å². The summed E-state index contributed by atoms with van der Waals surface area (Å²) in [5, 5.41) is 3.50. The van der Waals surface area contributed by atoms with Crippen molar-refractivity contribution in [1.29, 1.82) is 0 Å². The van der Waals surface area contributed by atoms with Crippen LogP contribution in [0.3, 0.4) is 0 Å². The molecule has 1 aliphatic rings. The normalized spacial score (nSPS) is 18.1. The van der Waals surface area contributed by atoms with Crippen LogP contribution in [0.2, 0.25) is 0 Å². The molecule has 1 fully saturated rings. The van der Waals surface area contributed by atoms with Crippen LogP contribution in [0.5, 0.6) is 0 Å². The third-order valence-corrected chi connectivity index (χ3v) is 4.08. The van der Waals surface area contributed by atoms with E-state index < -0.39 is 0 Å². The predicted octanol–water partition coefficient (Wildman–Crippen LogP) is 3.22. The Labute approximate surface area is 122 Å². The quantitative estimate of drug-likeness (QED) is 0.770. The average Bonchev–Trinajstić information content (AvgIpc) is 2.47. The second-order valence-electron chi connectivity index (χ2n) is 5.91. The van der Waals surface area contributed by atoms with Crippen LogP contribution in [-0.4, -0.2) is 37.1 Å². The maximum atomic E-state index is 13.5. The van der Waals surface area contributed by atoms with Crippen molar-refractivity contribution in [3.05, 3.63) is 35.6 Å². The Morgan fingerprint density at radius 1 is 1.20 bits per heavy atom. The van der Waals surface area contributed by atoms with Crippen molar-refractivity contribution in [3.63, 3.8) is 0 Å². The van der Waals surface area contributed by atoms with E-state index in [-0.39, 0.29) is 5.82 Å². The second kappa shape index (κ2) is 8.38. The molecule has 0 aromatic heterocycles. The summed E-state index contributed by atoms with van der Waals surface area (Å²) in [6.45, 7) is 6.88. The first kappa shape index (κ1) is 15.5. The van der Waals surface area contributed by atoms with E-state index in [0.717, 1.165) is 18.5 Å². The highest BCUT2D eigenvalue weighted by molar-refractivity contribution is 5.18. The van der Waals surface area contributed by atoms with Gasteiger partial charge in [-0.1, -0.05) is 24.6 Å². The zero-order chi connectivity index (χ0) is 14.2. The van der Waals surface area contributed by atoms with Gasteiger partial charge >= 0.3 is 0 Å². The fourth-order valence-corrected chi connectivity index (χ4v) is 2.90. The fraction of sp³-hybridized carbons (Fsp3) is 0.647. The maximum Gasteiger partial charge on any atom is 0.126 e. The van der Waals surface area contributed by atoms with Gasteiger partial charge in [0, 0.05) is 6.04 Å². The van der Waals surface area contributed by atoms with Gasteiger partial charge in [0.15, 0.2) is 0 Å². The smallest absolute Gasteiger partial charge is 0.126 e. The first-order valence-electron chi connectivity index (χ1n) is 7.95. The molecule has 1 saturated heterocycles. The van der Waals surface area contributed by atoms with Crippen LogP contribution < -0.4 is 5.32 Å². The van der Waals surface area contributed by atoms with Crippen molar-refractivity contribution in [2.45, 2.75) is 45.1 Å². The van der Waals surface area contributed by atoms with Gasteiger partial charge in [-0.3, -0.25) is 0 Å². The lowest BCUT2D eigenvalue weighted by atomic mass is 10.1. The topological polar surface area (TPSA) is 15.3 Å². The van der Waals surface area contributed by atoms with Crippen molar-refractivity contribution in [1.82, 2.24) is 10.2 Å². The monoisotopic (exact) mass is 278 g/mol. The van der Waals surface area contributed by atoms with Crippen molar-refractivity contribution in [2.24, 2.45) is 0 Å². The number of halogens is 1. The number of rotatable bonds is 7.